The smallest absolute Gasteiger partial charge is 0.0790 e. The molecule has 0 saturated carbocycles. The Kier molecular flexibility index (Phi) is 10.6. The zero-order chi connectivity index (χ0) is 15.3. The molecule has 0 heterocycles. The average molecular weight is 311 g/mol. The van der Waals surface area contributed by atoms with Gasteiger partial charge in [-0.2, -0.15) is 0 Å². The molecular weight excluding hydrogens is 280 g/mol. The Hall–Kier alpha value is -0.530. The summed E-state index contributed by atoms with van der Waals surface area (Å²) in [5.41, 5.74) is 0.943. The molecule has 0 saturated heterocycles. The topological polar surface area (TPSA) is 20.2 Å². The lowest BCUT2D eigenvalue weighted by Gasteiger charge is -2.11. The Morgan fingerprint density at radius 2 is 1.48 bits per heavy atom. The Morgan fingerprint density at radius 3 is 2.05 bits per heavy atom. The third-order valence-electron chi connectivity index (χ3n) is 4.06. The summed E-state index contributed by atoms with van der Waals surface area (Å²) in [6.07, 6.45) is 13.8. The molecule has 21 heavy (non-hydrogen) atoms. The predicted octanol–water partition coefficient (Wildman–Crippen LogP) is 6.68. The van der Waals surface area contributed by atoms with E-state index in [1.54, 1.807) is 0 Å². The van der Waals surface area contributed by atoms with Gasteiger partial charge in [-0.25, -0.2) is 0 Å². The van der Waals surface area contributed by atoms with Crippen molar-refractivity contribution in [3.63, 3.8) is 0 Å². The Morgan fingerprint density at radius 1 is 0.905 bits per heavy atom. The molecule has 1 atom stereocenters. The van der Waals surface area contributed by atoms with Gasteiger partial charge in [-0.05, 0) is 24.1 Å². The fraction of sp³-hybridized carbons (Fsp3) is 0.684. The van der Waals surface area contributed by atoms with E-state index >= 15 is 0 Å². The maximum Gasteiger partial charge on any atom is 0.0790 e. The predicted molar refractivity (Wildman–Crippen MR) is 92.9 cm³/mol. The molecule has 1 aromatic rings. The third-order valence-corrected chi connectivity index (χ3v) is 4.30. The lowest BCUT2D eigenvalue weighted by Crippen LogP contribution is -1.97. The molecule has 0 aromatic heterocycles. The molecule has 0 spiro atoms. The van der Waals surface area contributed by atoms with Crippen LogP contribution >= 0.6 is 11.6 Å². The minimum Gasteiger partial charge on any atom is -0.388 e. The van der Waals surface area contributed by atoms with Crippen molar-refractivity contribution >= 4 is 11.6 Å². The van der Waals surface area contributed by atoms with Crippen LogP contribution in [0.3, 0.4) is 0 Å². The fourth-order valence-electron chi connectivity index (χ4n) is 2.71. The summed E-state index contributed by atoms with van der Waals surface area (Å²) in [6, 6.07) is 7.56. The summed E-state index contributed by atoms with van der Waals surface area (Å²) in [4.78, 5) is 0. The first-order valence-electron chi connectivity index (χ1n) is 8.67. The summed E-state index contributed by atoms with van der Waals surface area (Å²) in [7, 11) is 0. The van der Waals surface area contributed by atoms with Crippen LogP contribution in [0.25, 0.3) is 0 Å². The van der Waals surface area contributed by atoms with Crippen LogP contribution in [-0.4, -0.2) is 5.11 Å². The van der Waals surface area contributed by atoms with E-state index in [0.717, 1.165) is 18.4 Å². The van der Waals surface area contributed by atoms with Crippen LogP contribution in [0, 0.1) is 0 Å². The van der Waals surface area contributed by atoms with Gasteiger partial charge in [0, 0.05) is 5.02 Å². The monoisotopic (exact) mass is 310 g/mol. The number of rotatable bonds is 12. The van der Waals surface area contributed by atoms with Crippen molar-refractivity contribution in [2.24, 2.45) is 0 Å². The van der Waals surface area contributed by atoms with E-state index in [-0.39, 0.29) is 6.10 Å². The molecule has 1 rings (SSSR count). The maximum absolute atomic E-state index is 10.1. The summed E-state index contributed by atoms with van der Waals surface area (Å²) in [5, 5.41) is 10.8. The van der Waals surface area contributed by atoms with Crippen LogP contribution in [-0.2, 0) is 0 Å². The zero-order valence-electron chi connectivity index (χ0n) is 13.5. The first kappa shape index (κ1) is 18.5. The number of halogens is 1. The second kappa shape index (κ2) is 12.1. The normalized spacial score (nSPS) is 12.5. The molecule has 0 fully saturated rings. The van der Waals surface area contributed by atoms with Gasteiger partial charge in [-0.15, -0.1) is 0 Å². The largest absolute Gasteiger partial charge is 0.388 e. The van der Waals surface area contributed by atoms with Crippen molar-refractivity contribution in [2.45, 2.75) is 83.7 Å². The first-order chi connectivity index (χ1) is 10.2. The summed E-state index contributed by atoms with van der Waals surface area (Å²) >= 11 is 5.94. The fourth-order valence-corrected chi connectivity index (χ4v) is 2.90. The Labute approximate surface area is 135 Å². The lowest BCUT2D eigenvalue weighted by atomic mass is 10.0. The molecule has 2 heteroatoms. The minimum atomic E-state index is -0.363. The third kappa shape index (κ3) is 9.16. The molecule has 120 valence electrons. The standard InChI is InChI=1S/C19H31ClO/c1-2-3-4-5-6-7-8-9-10-11-15-19(21)17-13-12-14-18(20)16-17/h12-14,16,19,21H,2-11,15H2,1H3. The van der Waals surface area contributed by atoms with Gasteiger partial charge in [0.05, 0.1) is 6.10 Å². The van der Waals surface area contributed by atoms with Gasteiger partial charge in [-0.1, -0.05) is 94.9 Å². The van der Waals surface area contributed by atoms with Gasteiger partial charge in [0.1, 0.15) is 0 Å². The van der Waals surface area contributed by atoms with Crippen LogP contribution in [0.4, 0.5) is 0 Å². The van der Waals surface area contributed by atoms with Crippen molar-refractivity contribution < 1.29 is 5.11 Å². The number of hydrogen-bond donors (Lipinski definition) is 1. The average Bonchev–Trinajstić information content (AvgIpc) is 2.49. The number of aliphatic hydroxyl groups is 1. The molecule has 0 bridgehead atoms. The highest BCUT2D eigenvalue weighted by Crippen LogP contribution is 2.22. The molecule has 0 aliphatic heterocycles. The van der Waals surface area contributed by atoms with Crippen LogP contribution < -0.4 is 0 Å². The van der Waals surface area contributed by atoms with Crippen LogP contribution in [0.5, 0.6) is 0 Å². The molecule has 0 amide bonds. The number of aliphatic hydroxyl groups excluding tert-OH is 1. The van der Waals surface area contributed by atoms with Crippen molar-refractivity contribution in [1.29, 1.82) is 0 Å². The van der Waals surface area contributed by atoms with Crippen molar-refractivity contribution in [2.75, 3.05) is 0 Å². The molecular formula is C19H31ClO. The minimum absolute atomic E-state index is 0.363. The van der Waals surface area contributed by atoms with Crippen LogP contribution in [0.2, 0.25) is 5.02 Å². The van der Waals surface area contributed by atoms with E-state index in [1.807, 2.05) is 24.3 Å². The highest BCUT2D eigenvalue weighted by molar-refractivity contribution is 6.30. The molecule has 0 aliphatic rings. The maximum atomic E-state index is 10.1. The molecule has 1 nitrogen and oxygen atoms in total. The molecule has 1 N–H and O–H groups in total. The van der Waals surface area contributed by atoms with E-state index in [2.05, 4.69) is 6.92 Å². The van der Waals surface area contributed by atoms with Crippen molar-refractivity contribution in [3.05, 3.63) is 34.9 Å². The highest BCUT2D eigenvalue weighted by Gasteiger charge is 2.07. The molecule has 1 aromatic carbocycles. The Balaban J connectivity index is 1.96. The quantitative estimate of drug-likeness (QED) is 0.427. The zero-order valence-corrected chi connectivity index (χ0v) is 14.2. The van der Waals surface area contributed by atoms with E-state index in [1.165, 1.54) is 57.8 Å². The van der Waals surface area contributed by atoms with Crippen LogP contribution in [0.1, 0.15) is 89.2 Å². The number of hydrogen-bond acceptors (Lipinski definition) is 1. The summed E-state index contributed by atoms with van der Waals surface area (Å²) in [5.74, 6) is 0. The van der Waals surface area contributed by atoms with E-state index in [9.17, 15) is 5.11 Å². The van der Waals surface area contributed by atoms with Gasteiger partial charge in [-0.3, -0.25) is 0 Å². The van der Waals surface area contributed by atoms with Gasteiger partial charge in [0.2, 0.25) is 0 Å². The number of unbranched alkanes of at least 4 members (excludes halogenated alkanes) is 9. The van der Waals surface area contributed by atoms with Gasteiger partial charge >= 0.3 is 0 Å². The summed E-state index contributed by atoms with van der Waals surface area (Å²) in [6.45, 7) is 2.26. The Bertz CT molecular complexity index is 364. The summed E-state index contributed by atoms with van der Waals surface area (Å²) < 4.78 is 0. The van der Waals surface area contributed by atoms with E-state index in [4.69, 9.17) is 11.6 Å². The van der Waals surface area contributed by atoms with Crippen molar-refractivity contribution in [3.8, 4) is 0 Å². The van der Waals surface area contributed by atoms with E-state index < -0.39 is 0 Å². The second-order valence-electron chi connectivity index (χ2n) is 6.04. The van der Waals surface area contributed by atoms with E-state index in [0.29, 0.717) is 5.02 Å². The highest BCUT2D eigenvalue weighted by atomic mass is 35.5. The molecule has 0 aliphatic carbocycles. The van der Waals surface area contributed by atoms with Crippen LogP contribution in [0.15, 0.2) is 24.3 Å². The molecule has 1 unspecified atom stereocenters. The first-order valence-corrected chi connectivity index (χ1v) is 9.05. The van der Waals surface area contributed by atoms with Gasteiger partial charge in [0.15, 0.2) is 0 Å². The van der Waals surface area contributed by atoms with Gasteiger partial charge < -0.3 is 5.11 Å². The lowest BCUT2D eigenvalue weighted by molar-refractivity contribution is 0.163. The van der Waals surface area contributed by atoms with Crippen molar-refractivity contribution in [1.82, 2.24) is 0 Å². The number of benzene rings is 1. The second-order valence-corrected chi connectivity index (χ2v) is 6.48. The van der Waals surface area contributed by atoms with Gasteiger partial charge in [0.25, 0.3) is 0 Å². The molecule has 0 radical (unpaired) electrons. The SMILES string of the molecule is CCCCCCCCCCCCC(O)c1cccc(Cl)c1.